The minimum atomic E-state index is -0.0453. The summed E-state index contributed by atoms with van der Waals surface area (Å²) in [7, 11) is 0. The molecule has 0 unspecified atom stereocenters. The number of aromatic nitrogens is 2. The molecule has 0 saturated heterocycles. The molecule has 0 spiro atoms. The van der Waals surface area contributed by atoms with E-state index in [1.165, 1.54) is 61.4 Å². The fourth-order valence-corrected chi connectivity index (χ4v) is 9.30. The Labute approximate surface area is 400 Å². The minimum Gasteiger partial charge on any atom is -0.457 e. The molecule has 344 valence electrons. The molecular formula is C62H70N4O. The Kier molecular flexibility index (Phi) is 11.1. The maximum Gasteiger partial charge on any atom is 0.137 e. The molecule has 0 bridgehead atoms. The average Bonchev–Trinajstić information content (AvgIpc) is 3.80. The Morgan fingerprint density at radius 3 is 1.48 bits per heavy atom. The Bertz CT molecular complexity index is 3110. The van der Waals surface area contributed by atoms with Crippen LogP contribution >= 0.6 is 0 Å². The van der Waals surface area contributed by atoms with Crippen molar-refractivity contribution in [3.63, 3.8) is 0 Å². The topological polar surface area (TPSA) is 33.5 Å². The number of hydrogen-bond donors (Lipinski definition) is 0. The van der Waals surface area contributed by atoms with Crippen molar-refractivity contribution in [3.05, 3.63) is 167 Å². The summed E-state index contributed by atoms with van der Waals surface area (Å²) in [5, 5.41) is 2.33. The van der Waals surface area contributed by atoms with E-state index < -0.39 is 0 Å². The Hall–Kier alpha value is -6.33. The third-order valence-electron chi connectivity index (χ3n) is 13.7. The first-order valence-corrected chi connectivity index (χ1v) is 24.1. The quantitative estimate of drug-likeness (QED) is 0.167. The van der Waals surface area contributed by atoms with E-state index in [4.69, 9.17) is 9.72 Å². The van der Waals surface area contributed by atoms with E-state index in [1.54, 1.807) is 0 Å². The molecule has 6 aromatic carbocycles. The standard InChI is InChI=1S/C62H70N4O/c1-58(2,3)42-27-28-63-57(36-42)66-55-31-40(41-29-43(59(4,5)6)32-44(30-41)60(7,8)9)23-25-51(55)52-26-24-50(38-56(52)66)67-49-20-18-19-47(37-49)64-39-65(54-22-17-16-21-53(54)64)48-34-45(61(10,11)12)33-46(35-48)62(13,14)15/h16-38H,39H2,1-15H3. The summed E-state index contributed by atoms with van der Waals surface area (Å²) in [6, 6.07) is 49.4. The van der Waals surface area contributed by atoms with Crippen molar-refractivity contribution in [1.29, 1.82) is 0 Å². The number of nitrogens with zero attached hydrogens (tertiary/aromatic N) is 4. The molecule has 0 amide bonds. The van der Waals surface area contributed by atoms with E-state index in [2.05, 4.69) is 252 Å². The van der Waals surface area contributed by atoms with Crippen LogP contribution in [0, 0.1) is 0 Å². The molecule has 1 aliphatic rings. The highest BCUT2D eigenvalue weighted by Crippen LogP contribution is 2.47. The number of ether oxygens (including phenoxy) is 1. The van der Waals surface area contributed by atoms with Gasteiger partial charge < -0.3 is 14.5 Å². The van der Waals surface area contributed by atoms with Crippen molar-refractivity contribution in [1.82, 2.24) is 9.55 Å². The summed E-state index contributed by atoms with van der Waals surface area (Å²) in [6.45, 7) is 35.1. The number of anilines is 4. The number of benzene rings is 6. The van der Waals surface area contributed by atoms with Crippen LogP contribution in [0.2, 0.25) is 0 Å². The van der Waals surface area contributed by atoms with Gasteiger partial charge in [0.1, 0.15) is 24.0 Å². The maximum atomic E-state index is 6.87. The second kappa shape index (κ2) is 16.2. The number of pyridine rings is 1. The Balaban J connectivity index is 1.12. The van der Waals surface area contributed by atoms with Crippen LogP contribution < -0.4 is 14.5 Å². The Morgan fingerprint density at radius 2 is 0.910 bits per heavy atom. The molecular weight excluding hydrogens is 817 g/mol. The van der Waals surface area contributed by atoms with Gasteiger partial charge in [-0.3, -0.25) is 4.57 Å². The van der Waals surface area contributed by atoms with Gasteiger partial charge >= 0.3 is 0 Å². The smallest absolute Gasteiger partial charge is 0.137 e. The molecule has 5 heteroatoms. The van der Waals surface area contributed by atoms with E-state index in [9.17, 15) is 0 Å². The summed E-state index contributed by atoms with van der Waals surface area (Å²) in [4.78, 5) is 9.91. The Morgan fingerprint density at radius 1 is 0.403 bits per heavy atom. The fourth-order valence-electron chi connectivity index (χ4n) is 9.30. The van der Waals surface area contributed by atoms with Gasteiger partial charge in [0.15, 0.2) is 0 Å². The number of hydrogen-bond acceptors (Lipinski definition) is 4. The van der Waals surface area contributed by atoms with E-state index in [0.717, 1.165) is 39.4 Å². The van der Waals surface area contributed by atoms with Crippen molar-refractivity contribution in [2.45, 2.75) is 131 Å². The largest absolute Gasteiger partial charge is 0.457 e. The van der Waals surface area contributed by atoms with Crippen molar-refractivity contribution in [2.75, 3.05) is 16.5 Å². The van der Waals surface area contributed by atoms with Gasteiger partial charge in [0.05, 0.1) is 22.4 Å². The van der Waals surface area contributed by atoms with Gasteiger partial charge in [-0.1, -0.05) is 158 Å². The zero-order valence-electron chi connectivity index (χ0n) is 42.7. The second-order valence-corrected chi connectivity index (χ2v) is 24.1. The lowest BCUT2D eigenvalue weighted by molar-refractivity contribution is 0.483. The number of para-hydroxylation sites is 2. The van der Waals surface area contributed by atoms with Crippen LogP contribution in [0.25, 0.3) is 38.8 Å². The van der Waals surface area contributed by atoms with Crippen molar-refractivity contribution < 1.29 is 4.74 Å². The zero-order valence-corrected chi connectivity index (χ0v) is 42.7. The van der Waals surface area contributed by atoms with Crippen LogP contribution in [0.4, 0.5) is 22.7 Å². The summed E-state index contributed by atoms with van der Waals surface area (Å²) < 4.78 is 9.20. The van der Waals surface area contributed by atoms with Crippen LogP contribution in [0.3, 0.4) is 0 Å². The lowest BCUT2D eigenvalue weighted by Gasteiger charge is -2.29. The minimum absolute atomic E-state index is 0.0106. The molecule has 0 radical (unpaired) electrons. The van der Waals surface area contributed by atoms with Gasteiger partial charge in [-0.05, 0) is 133 Å². The highest BCUT2D eigenvalue weighted by molar-refractivity contribution is 6.10. The van der Waals surface area contributed by atoms with Crippen LogP contribution in [-0.4, -0.2) is 16.2 Å². The van der Waals surface area contributed by atoms with Crippen LogP contribution in [0.5, 0.6) is 11.5 Å². The first-order chi connectivity index (χ1) is 31.3. The molecule has 1 aliphatic heterocycles. The third-order valence-corrected chi connectivity index (χ3v) is 13.7. The molecule has 0 saturated carbocycles. The van der Waals surface area contributed by atoms with Crippen molar-refractivity contribution >= 4 is 44.6 Å². The van der Waals surface area contributed by atoms with Gasteiger partial charge in [0, 0.05) is 40.5 Å². The first-order valence-electron chi connectivity index (χ1n) is 24.1. The first kappa shape index (κ1) is 45.8. The molecule has 2 aromatic heterocycles. The zero-order chi connectivity index (χ0) is 48.0. The van der Waals surface area contributed by atoms with Gasteiger partial charge in [-0.2, -0.15) is 0 Å². The van der Waals surface area contributed by atoms with E-state index in [1.807, 2.05) is 6.20 Å². The highest BCUT2D eigenvalue weighted by atomic mass is 16.5. The van der Waals surface area contributed by atoms with Crippen LogP contribution in [0.15, 0.2) is 140 Å². The predicted molar refractivity (Wildman–Crippen MR) is 286 cm³/mol. The molecule has 0 aliphatic carbocycles. The van der Waals surface area contributed by atoms with Crippen LogP contribution in [-0.2, 0) is 27.1 Å². The molecule has 67 heavy (non-hydrogen) atoms. The molecule has 0 N–H and O–H groups in total. The van der Waals surface area contributed by atoms with E-state index in [-0.39, 0.29) is 27.1 Å². The lowest BCUT2D eigenvalue weighted by atomic mass is 9.79. The lowest BCUT2D eigenvalue weighted by Crippen LogP contribution is -2.25. The molecule has 8 aromatic rings. The van der Waals surface area contributed by atoms with Gasteiger partial charge in [0.2, 0.25) is 0 Å². The summed E-state index contributed by atoms with van der Waals surface area (Å²) in [5.74, 6) is 2.44. The molecule has 0 atom stereocenters. The normalized spacial score (nSPS) is 13.8. The van der Waals surface area contributed by atoms with E-state index >= 15 is 0 Å². The maximum absolute atomic E-state index is 6.87. The molecule has 0 fully saturated rings. The predicted octanol–water partition coefficient (Wildman–Crippen LogP) is 17.4. The number of fused-ring (bicyclic) bond motifs is 4. The van der Waals surface area contributed by atoms with Crippen molar-refractivity contribution in [3.8, 4) is 28.4 Å². The van der Waals surface area contributed by atoms with Gasteiger partial charge in [-0.25, -0.2) is 4.98 Å². The third kappa shape index (κ3) is 8.98. The van der Waals surface area contributed by atoms with Gasteiger partial charge in [-0.15, -0.1) is 0 Å². The summed E-state index contributed by atoms with van der Waals surface area (Å²) in [6.07, 6.45) is 1.95. The highest BCUT2D eigenvalue weighted by Gasteiger charge is 2.31. The monoisotopic (exact) mass is 887 g/mol. The molecule has 3 heterocycles. The number of rotatable bonds is 6. The average molecular weight is 887 g/mol. The second-order valence-electron chi connectivity index (χ2n) is 24.1. The van der Waals surface area contributed by atoms with Crippen LogP contribution in [0.1, 0.15) is 132 Å². The summed E-state index contributed by atoms with van der Waals surface area (Å²) in [5.41, 5.74) is 15.9. The molecule has 5 nitrogen and oxygen atoms in total. The molecule has 9 rings (SSSR count). The summed E-state index contributed by atoms with van der Waals surface area (Å²) >= 11 is 0. The van der Waals surface area contributed by atoms with Crippen molar-refractivity contribution in [2.24, 2.45) is 0 Å². The van der Waals surface area contributed by atoms with E-state index in [0.29, 0.717) is 6.67 Å². The SMILES string of the molecule is CC(C)(C)c1cc(-c2ccc3c4ccc(Oc5cccc(N6CN(c7cc(C(C)(C)C)cc(C(C)(C)C)c7)c7ccccc76)c5)cc4n(-c4cc(C(C)(C)C)ccn4)c3c2)cc(C(C)(C)C)c1. The fraction of sp³-hybridized carbons (Fsp3) is 0.339. The van der Waals surface area contributed by atoms with Gasteiger partial charge in [0.25, 0.3) is 0 Å².